The van der Waals surface area contributed by atoms with Crippen molar-refractivity contribution in [3.63, 3.8) is 0 Å². The first-order chi connectivity index (χ1) is 14.4. The molecule has 1 amide bonds. The Hall–Kier alpha value is -3.01. The van der Waals surface area contributed by atoms with E-state index in [-0.39, 0.29) is 17.2 Å². The molecule has 9 nitrogen and oxygen atoms in total. The number of nitrogens with one attached hydrogen (secondary N) is 1. The summed E-state index contributed by atoms with van der Waals surface area (Å²) in [5.41, 5.74) is 0.467. The van der Waals surface area contributed by atoms with Crippen LogP contribution in [0.15, 0.2) is 39.0 Å². The summed E-state index contributed by atoms with van der Waals surface area (Å²) >= 11 is 1.23. The number of carbonyl (C=O) groups is 1. The van der Waals surface area contributed by atoms with E-state index in [1.165, 1.54) is 23.4 Å². The molecule has 0 fully saturated rings. The number of amides is 1. The quantitative estimate of drug-likeness (QED) is 0.548. The lowest BCUT2D eigenvalue weighted by Gasteiger charge is -2.10. The normalized spacial score (nSPS) is 11.1. The van der Waals surface area contributed by atoms with Crippen molar-refractivity contribution in [3.05, 3.63) is 45.1 Å². The molecular formula is C20H25N5O4S. The number of unbranched alkanes of at least 4 members (excludes halogenated alkanes) is 1. The average molecular weight is 432 g/mol. The Labute approximate surface area is 177 Å². The minimum atomic E-state index is -0.432. The Morgan fingerprint density at radius 3 is 2.63 bits per heavy atom. The number of methoxy groups -OCH3 is 1. The van der Waals surface area contributed by atoms with Crippen molar-refractivity contribution in [2.24, 2.45) is 14.1 Å². The maximum absolute atomic E-state index is 12.7. The van der Waals surface area contributed by atoms with Gasteiger partial charge in [0, 0.05) is 20.6 Å². The summed E-state index contributed by atoms with van der Waals surface area (Å²) in [5.74, 6) is 0.451. The van der Waals surface area contributed by atoms with Gasteiger partial charge in [-0.1, -0.05) is 37.2 Å². The van der Waals surface area contributed by atoms with Crippen molar-refractivity contribution in [2.75, 3.05) is 18.2 Å². The van der Waals surface area contributed by atoms with Gasteiger partial charge in [0.1, 0.15) is 5.75 Å². The van der Waals surface area contributed by atoms with Crippen molar-refractivity contribution < 1.29 is 9.53 Å². The molecule has 0 spiro atoms. The summed E-state index contributed by atoms with van der Waals surface area (Å²) in [4.78, 5) is 42.0. The molecule has 30 heavy (non-hydrogen) atoms. The van der Waals surface area contributed by atoms with Crippen LogP contribution in [0.25, 0.3) is 11.2 Å². The van der Waals surface area contributed by atoms with Gasteiger partial charge in [-0.05, 0) is 18.6 Å². The Morgan fingerprint density at radius 2 is 1.93 bits per heavy atom. The summed E-state index contributed by atoms with van der Waals surface area (Å²) in [6.07, 6.45) is 1.78. The number of rotatable bonds is 8. The molecule has 0 aliphatic rings. The van der Waals surface area contributed by atoms with Gasteiger partial charge >= 0.3 is 5.69 Å². The molecule has 10 heteroatoms. The van der Waals surface area contributed by atoms with Crippen molar-refractivity contribution in [1.82, 2.24) is 18.7 Å². The van der Waals surface area contributed by atoms with Crippen LogP contribution in [0, 0.1) is 0 Å². The number of benzene rings is 1. The van der Waals surface area contributed by atoms with Crippen LogP contribution in [-0.2, 0) is 25.4 Å². The molecule has 3 rings (SSSR count). The molecule has 0 bridgehead atoms. The first-order valence-electron chi connectivity index (χ1n) is 9.61. The van der Waals surface area contributed by atoms with Crippen LogP contribution >= 0.6 is 11.8 Å². The number of anilines is 1. The molecule has 1 aromatic carbocycles. The Kier molecular flexibility index (Phi) is 6.66. The average Bonchev–Trinajstić information content (AvgIpc) is 3.12. The number of nitrogens with zero attached hydrogens (tertiary/aromatic N) is 4. The Balaban J connectivity index is 1.90. The minimum absolute atomic E-state index is 0.0990. The molecular weight excluding hydrogens is 406 g/mol. The SMILES string of the molecule is CCCCn1c(SCC(=O)Nc2ccccc2OC)nc2c1c(=O)n(C)c(=O)n2C. The summed E-state index contributed by atoms with van der Waals surface area (Å²) in [7, 11) is 4.58. The van der Waals surface area contributed by atoms with Crippen LogP contribution in [0.1, 0.15) is 19.8 Å². The smallest absolute Gasteiger partial charge is 0.332 e. The van der Waals surface area contributed by atoms with Gasteiger partial charge in [0.05, 0.1) is 18.6 Å². The zero-order valence-corrected chi connectivity index (χ0v) is 18.3. The van der Waals surface area contributed by atoms with Crippen molar-refractivity contribution >= 4 is 34.5 Å². The number of fused-ring (bicyclic) bond motifs is 1. The molecule has 1 N–H and O–H groups in total. The molecule has 0 unspecified atom stereocenters. The molecule has 0 radical (unpaired) electrons. The largest absolute Gasteiger partial charge is 0.495 e. The highest BCUT2D eigenvalue weighted by Gasteiger charge is 2.20. The minimum Gasteiger partial charge on any atom is -0.495 e. The van der Waals surface area contributed by atoms with E-state index in [4.69, 9.17) is 4.74 Å². The maximum atomic E-state index is 12.7. The fraction of sp³-hybridized carbons (Fsp3) is 0.400. The molecule has 0 aliphatic heterocycles. The monoisotopic (exact) mass is 431 g/mol. The summed E-state index contributed by atoms with van der Waals surface area (Å²) in [5, 5.41) is 3.36. The third-order valence-corrected chi connectivity index (χ3v) is 5.74. The number of hydrogen-bond acceptors (Lipinski definition) is 6. The molecule has 0 saturated carbocycles. The molecule has 0 atom stereocenters. The van der Waals surface area contributed by atoms with Crippen LogP contribution in [0.4, 0.5) is 5.69 Å². The lowest BCUT2D eigenvalue weighted by atomic mass is 10.3. The zero-order valence-electron chi connectivity index (χ0n) is 17.5. The number of ether oxygens (including phenoxy) is 1. The number of aryl methyl sites for hydroxylation is 2. The van der Waals surface area contributed by atoms with E-state index < -0.39 is 5.69 Å². The zero-order chi connectivity index (χ0) is 21.8. The number of carbonyl (C=O) groups excluding carboxylic acids is 1. The number of hydrogen-bond donors (Lipinski definition) is 1. The summed E-state index contributed by atoms with van der Waals surface area (Å²) in [6.45, 7) is 2.64. The van der Waals surface area contributed by atoms with E-state index in [9.17, 15) is 14.4 Å². The highest BCUT2D eigenvalue weighted by molar-refractivity contribution is 7.99. The van der Waals surface area contributed by atoms with Gasteiger partial charge in [0.25, 0.3) is 5.56 Å². The number of aromatic nitrogens is 4. The number of para-hydroxylation sites is 2. The first-order valence-corrected chi connectivity index (χ1v) is 10.6. The van der Waals surface area contributed by atoms with Gasteiger partial charge in [-0.25, -0.2) is 9.78 Å². The van der Waals surface area contributed by atoms with E-state index in [1.54, 1.807) is 26.3 Å². The highest BCUT2D eigenvalue weighted by atomic mass is 32.2. The van der Waals surface area contributed by atoms with Crippen molar-refractivity contribution in [3.8, 4) is 5.75 Å². The fourth-order valence-electron chi connectivity index (χ4n) is 3.12. The van der Waals surface area contributed by atoms with Gasteiger partial charge in [0.2, 0.25) is 5.91 Å². The van der Waals surface area contributed by atoms with Gasteiger partial charge < -0.3 is 14.6 Å². The van der Waals surface area contributed by atoms with Crippen LogP contribution in [0.2, 0.25) is 0 Å². The van der Waals surface area contributed by atoms with E-state index >= 15 is 0 Å². The number of imidazole rings is 1. The van der Waals surface area contributed by atoms with Gasteiger partial charge in [-0.2, -0.15) is 0 Å². The fourth-order valence-corrected chi connectivity index (χ4v) is 3.95. The Bertz CT molecular complexity index is 1190. The lowest BCUT2D eigenvalue weighted by molar-refractivity contribution is -0.113. The predicted octanol–water partition coefficient (Wildman–Crippen LogP) is 1.97. The Morgan fingerprint density at radius 1 is 1.20 bits per heavy atom. The van der Waals surface area contributed by atoms with Crippen LogP contribution in [-0.4, -0.2) is 37.5 Å². The lowest BCUT2D eigenvalue weighted by Crippen LogP contribution is -2.37. The van der Waals surface area contributed by atoms with Gasteiger partial charge in [0.15, 0.2) is 16.3 Å². The predicted molar refractivity (Wildman–Crippen MR) is 117 cm³/mol. The van der Waals surface area contributed by atoms with Crippen LogP contribution in [0.3, 0.4) is 0 Å². The second kappa shape index (κ2) is 9.21. The molecule has 2 aromatic heterocycles. The summed E-state index contributed by atoms with van der Waals surface area (Å²) < 4.78 is 9.50. The molecule has 0 saturated heterocycles. The topological polar surface area (TPSA) is 100 Å². The first kappa shape index (κ1) is 21.7. The van der Waals surface area contributed by atoms with Crippen LogP contribution in [0.5, 0.6) is 5.75 Å². The highest BCUT2D eigenvalue weighted by Crippen LogP contribution is 2.25. The van der Waals surface area contributed by atoms with Crippen molar-refractivity contribution in [2.45, 2.75) is 31.5 Å². The third-order valence-electron chi connectivity index (χ3n) is 4.76. The van der Waals surface area contributed by atoms with Gasteiger partial charge in [-0.15, -0.1) is 0 Å². The van der Waals surface area contributed by atoms with E-state index in [2.05, 4.69) is 17.2 Å². The van der Waals surface area contributed by atoms with Crippen LogP contribution < -0.4 is 21.3 Å². The molecule has 3 aromatic rings. The van der Waals surface area contributed by atoms with Gasteiger partial charge in [-0.3, -0.25) is 18.7 Å². The molecule has 0 aliphatic carbocycles. The second-order valence-electron chi connectivity index (χ2n) is 6.81. The standard InChI is InChI=1S/C20H25N5O4S/c1-5-6-11-25-16-17(23(2)20(28)24(3)18(16)27)22-19(25)30-12-15(26)21-13-9-7-8-10-14(13)29-4/h7-10H,5-6,11-12H2,1-4H3,(H,21,26). The summed E-state index contributed by atoms with van der Waals surface area (Å²) in [6, 6.07) is 7.16. The second-order valence-corrected chi connectivity index (χ2v) is 7.76. The van der Waals surface area contributed by atoms with Crippen molar-refractivity contribution in [1.29, 1.82) is 0 Å². The molecule has 2 heterocycles. The van der Waals surface area contributed by atoms with E-state index in [0.717, 1.165) is 17.4 Å². The maximum Gasteiger partial charge on any atom is 0.332 e. The third kappa shape index (κ3) is 4.13. The molecule has 160 valence electrons. The van der Waals surface area contributed by atoms with E-state index in [0.29, 0.717) is 34.3 Å². The van der Waals surface area contributed by atoms with E-state index in [1.807, 2.05) is 16.7 Å². The number of thioether (sulfide) groups is 1.